The topological polar surface area (TPSA) is 171 Å². The molecule has 190 valence electrons. The van der Waals surface area contributed by atoms with Gasteiger partial charge in [0.25, 0.3) is 0 Å². The van der Waals surface area contributed by atoms with E-state index in [2.05, 4.69) is 28.6 Å². The maximum absolute atomic E-state index is 13.1. The third-order valence-corrected chi connectivity index (χ3v) is 5.99. The molecule has 5 atom stereocenters. The molecule has 7 N–H and O–H groups in total. The third-order valence-electron chi connectivity index (χ3n) is 5.62. The molecule has 0 radical (unpaired) electrons. The fourth-order valence-corrected chi connectivity index (χ4v) is 3.31. The number of aliphatic carboxylic acids is 1. The first-order valence-electron chi connectivity index (χ1n) is 11.2. The molecule has 1 aromatic carbocycles. The molecule has 34 heavy (non-hydrogen) atoms. The highest BCUT2D eigenvalue weighted by molar-refractivity contribution is 7.80. The van der Waals surface area contributed by atoms with Crippen molar-refractivity contribution in [1.82, 2.24) is 16.0 Å². The van der Waals surface area contributed by atoms with E-state index in [0.717, 1.165) is 0 Å². The average Bonchev–Trinajstić information content (AvgIpc) is 2.79. The summed E-state index contributed by atoms with van der Waals surface area (Å²) in [7, 11) is 0. The molecule has 0 fully saturated rings. The quantitative estimate of drug-likeness (QED) is 0.194. The molecule has 10 nitrogen and oxygen atoms in total. The first-order valence-corrected chi connectivity index (χ1v) is 11.8. The standard InChI is InChI=1S/C23H36N4O6S/c1-5-13(4)19(23(32)33)27-20(29)16(10-14-6-8-15(28)9-7-14)25-21(30)17(11-34)26-22(31)18(24)12(2)3/h6-9,12-13,16-19,28,34H,5,10-11,24H2,1-4H3,(H,25,30)(H,26,31)(H,27,29)(H,32,33). The van der Waals surface area contributed by atoms with E-state index >= 15 is 0 Å². The van der Waals surface area contributed by atoms with Crippen molar-refractivity contribution >= 4 is 36.3 Å². The molecular formula is C23H36N4O6S. The van der Waals surface area contributed by atoms with Gasteiger partial charge in [-0.1, -0.05) is 46.2 Å². The maximum Gasteiger partial charge on any atom is 0.326 e. The van der Waals surface area contributed by atoms with Crippen LogP contribution in [0.2, 0.25) is 0 Å². The van der Waals surface area contributed by atoms with Gasteiger partial charge in [-0.05, 0) is 29.5 Å². The van der Waals surface area contributed by atoms with Gasteiger partial charge in [-0.3, -0.25) is 14.4 Å². The third kappa shape index (κ3) is 8.86. The molecule has 0 aliphatic carbocycles. The van der Waals surface area contributed by atoms with Crippen LogP contribution in [0.4, 0.5) is 0 Å². The Morgan fingerprint density at radius 2 is 1.47 bits per heavy atom. The number of carbonyl (C=O) groups is 4. The number of hydrogen-bond donors (Lipinski definition) is 7. The second-order valence-electron chi connectivity index (χ2n) is 8.66. The minimum Gasteiger partial charge on any atom is -0.508 e. The predicted octanol–water partition coefficient (Wildman–Crippen LogP) is 0.433. The zero-order valence-electron chi connectivity index (χ0n) is 19.9. The van der Waals surface area contributed by atoms with Crippen LogP contribution in [-0.4, -0.2) is 63.8 Å². The number of phenolic OH excluding ortho intramolecular Hbond substituents is 1. The number of rotatable bonds is 13. The fourth-order valence-electron chi connectivity index (χ4n) is 3.05. The summed E-state index contributed by atoms with van der Waals surface area (Å²) < 4.78 is 0. The highest BCUT2D eigenvalue weighted by Crippen LogP contribution is 2.13. The van der Waals surface area contributed by atoms with Crippen LogP contribution >= 0.6 is 12.6 Å². The fraction of sp³-hybridized carbons (Fsp3) is 0.565. The minimum atomic E-state index is -1.18. The van der Waals surface area contributed by atoms with E-state index in [-0.39, 0.29) is 29.8 Å². The van der Waals surface area contributed by atoms with Gasteiger partial charge in [0.2, 0.25) is 17.7 Å². The molecule has 3 amide bonds. The SMILES string of the molecule is CCC(C)C(NC(=O)C(Cc1ccc(O)cc1)NC(=O)C(CS)NC(=O)C(N)C(C)C)C(=O)O. The van der Waals surface area contributed by atoms with E-state index in [1.54, 1.807) is 32.9 Å². The second-order valence-corrected chi connectivity index (χ2v) is 9.02. The molecule has 0 bridgehead atoms. The Morgan fingerprint density at radius 3 is 1.94 bits per heavy atom. The Balaban J connectivity index is 3.09. The summed E-state index contributed by atoms with van der Waals surface area (Å²) >= 11 is 4.13. The van der Waals surface area contributed by atoms with Gasteiger partial charge in [0.15, 0.2) is 0 Å². The van der Waals surface area contributed by atoms with E-state index in [9.17, 15) is 29.4 Å². The number of thiol groups is 1. The minimum absolute atomic E-state index is 0.0312. The van der Waals surface area contributed by atoms with Crippen LogP contribution in [0.1, 0.15) is 39.7 Å². The highest BCUT2D eigenvalue weighted by Gasteiger charge is 2.32. The lowest BCUT2D eigenvalue weighted by atomic mass is 9.98. The number of benzene rings is 1. The predicted molar refractivity (Wildman–Crippen MR) is 131 cm³/mol. The number of nitrogens with one attached hydrogen (secondary N) is 3. The number of amides is 3. The summed E-state index contributed by atoms with van der Waals surface area (Å²) in [6.45, 7) is 7.06. The van der Waals surface area contributed by atoms with Gasteiger partial charge in [0.1, 0.15) is 23.9 Å². The van der Waals surface area contributed by atoms with E-state index in [0.29, 0.717) is 12.0 Å². The van der Waals surface area contributed by atoms with Crippen LogP contribution in [0.15, 0.2) is 24.3 Å². The van der Waals surface area contributed by atoms with Crippen molar-refractivity contribution in [3.63, 3.8) is 0 Å². The van der Waals surface area contributed by atoms with Crippen LogP contribution in [-0.2, 0) is 25.6 Å². The van der Waals surface area contributed by atoms with Crippen molar-refractivity contribution in [1.29, 1.82) is 0 Å². The Morgan fingerprint density at radius 1 is 0.941 bits per heavy atom. The van der Waals surface area contributed by atoms with Crippen molar-refractivity contribution in [2.24, 2.45) is 17.6 Å². The van der Waals surface area contributed by atoms with Gasteiger partial charge in [-0.15, -0.1) is 0 Å². The smallest absolute Gasteiger partial charge is 0.326 e. The molecule has 0 aromatic heterocycles. The van der Waals surface area contributed by atoms with Crippen molar-refractivity contribution in [2.75, 3.05) is 5.75 Å². The molecule has 0 spiro atoms. The number of hydrogen-bond acceptors (Lipinski definition) is 7. The van der Waals surface area contributed by atoms with E-state index in [1.165, 1.54) is 12.1 Å². The van der Waals surface area contributed by atoms with Gasteiger partial charge < -0.3 is 31.9 Å². The number of phenols is 1. The van der Waals surface area contributed by atoms with Crippen LogP contribution in [0.25, 0.3) is 0 Å². The van der Waals surface area contributed by atoms with Gasteiger partial charge >= 0.3 is 5.97 Å². The number of carboxylic acids is 1. The number of carbonyl (C=O) groups excluding carboxylic acids is 3. The van der Waals surface area contributed by atoms with Gasteiger partial charge in [0, 0.05) is 12.2 Å². The summed E-state index contributed by atoms with van der Waals surface area (Å²) in [6, 6.07) is 1.90. The van der Waals surface area contributed by atoms with Gasteiger partial charge in [0.05, 0.1) is 6.04 Å². The van der Waals surface area contributed by atoms with E-state index in [4.69, 9.17) is 5.73 Å². The van der Waals surface area contributed by atoms with Crippen molar-refractivity contribution < 1.29 is 29.4 Å². The van der Waals surface area contributed by atoms with Crippen LogP contribution < -0.4 is 21.7 Å². The maximum atomic E-state index is 13.1. The highest BCUT2D eigenvalue weighted by atomic mass is 32.1. The average molecular weight is 497 g/mol. The zero-order chi connectivity index (χ0) is 26.0. The first kappa shape index (κ1) is 29.2. The first-order chi connectivity index (χ1) is 15.9. The van der Waals surface area contributed by atoms with Crippen LogP contribution in [0.5, 0.6) is 5.75 Å². The molecule has 0 saturated carbocycles. The van der Waals surface area contributed by atoms with Crippen molar-refractivity contribution in [2.45, 2.75) is 64.7 Å². The molecule has 1 rings (SSSR count). The lowest BCUT2D eigenvalue weighted by Gasteiger charge is -2.26. The van der Waals surface area contributed by atoms with E-state index < -0.39 is 47.9 Å². The summed E-state index contributed by atoms with van der Waals surface area (Å²) in [5.74, 6) is -3.53. The summed E-state index contributed by atoms with van der Waals surface area (Å²) in [4.78, 5) is 50.0. The molecule has 0 heterocycles. The monoisotopic (exact) mass is 496 g/mol. The number of aromatic hydroxyl groups is 1. The van der Waals surface area contributed by atoms with Crippen molar-refractivity contribution in [3.05, 3.63) is 29.8 Å². The molecule has 0 aliphatic rings. The summed E-state index contributed by atoms with van der Waals surface area (Å²) in [5, 5.41) is 26.7. The van der Waals surface area contributed by atoms with Crippen LogP contribution in [0.3, 0.4) is 0 Å². The molecule has 0 saturated heterocycles. The van der Waals surface area contributed by atoms with E-state index in [1.807, 2.05) is 6.92 Å². The molecule has 5 unspecified atom stereocenters. The lowest BCUT2D eigenvalue weighted by Crippen LogP contribution is -2.59. The lowest BCUT2D eigenvalue weighted by molar-refractivity contribution is -0.143. The summed E-state index contributed by atoms with van der Waals surface area (Å²) in [5.41, 5.74) is 6.47. The number of carboxylic acid groups (broad SMARTS) is 1. The zero-order valence-corrected chi connectivity index (χ0v) is 20.8. The van der Waals surface area contributed by atoms with Gasteiger partial charge in [-0.2, -0.15) is 12.6 Å². The molecular weight excluding hydrogens is 460 g/mol. The number of nitrogens with two attached hydrogens (primary N) is 1. The normalized spacial score (nSPS) is 15.5. The Kier molecular flexibility index (Phi) is 11.9. The molecule has 11 heteroatoms. The molecule has 1 aromatic rings. The Bertz CT molecular complexity index is 848. The van der Waals surface area contributed by atoms with Crippen LogP contribution in [0, 0.1) is 11.8 Å². The Labute approximate surface area is 205 Å². The largest absolute Gasteiger partial charge is 0.508 e. The van der Waals surface area contributed by atoms with Crippen molar-refractivity contribution in [3.8, 4) is 5.75 Å². The van der Waals surface area contributed by atoms with Gasteiger partial charge in [-0.25, -0.2) is 4.79 Å². The second kappa shape index (κ2) is 13.8. The summed E-state index contributed by atoms with van der Waals surface area (Å²) in [6.07, 6.45) is 0.555. The Hall–Kier alpha value is -2.79. The molecule has 0 aliphatic heterocycles.